The smallest absolute Gasteiger partial charge is 0.252 e. The van der Waals surface area contributed by atoms with Gasteiger partial charge in [0, 0.05) is 18.3 Å². The number of hydrogen-bond acceptors (Lipinski definition) is 5. The van der Waals surface area contributed by atoms with E-state index < -0.39 is 0 Å². The predicted octanol–water partition coefficient (Wildman–Crippen LogP) is 0.993. The maximum atomic E-state index is 10.4. The Morgan fingerprint density at radius 2 is 1.94 bits per heavy atom. The minimum atomic E-state index is 0.260. The molecule has 2 aromatic heterocycles. The largest absolute Gasteiger partial charge is 0.298 e. The molecule has 0 aliphatic heterocycles. The van der Waals surface area contributed by atoms with Gasteiger partial charge in [-0.15, -0.1) is 5.10 Å². The van der Waals surface area contributed by atoms with Gasteiger partial charge in [-0.05, 0) is 0 Å². The van der Waals surface area contributed by atoms with Crippen molar-refractivity contribution in [1.29, 1.82) is 0 Å². The highest BCUT2D eigenvalue weighted by molar-refractivity contribution is 5.73. The maximum absolute atomic E-state index is 10.4. The number of nitrogens with zero attached hydrogens (tertiary/aromatic N) is 5. The number of hydrogen-bond donors (Lipinski definition) is 0. The van der Waals surface area contributed by atoms with Gasteiger partial charge in [0.25, 0.3) is 5.95 Å². The highest BCUT2D eigenvalue weighted by Crippen LogP contribution is 2.08. The molecule has 0 radical (unpaired) electrons. The molecule has 0 aromatic carbocycles. The van der Waals surface area contributed by atoms with Crippen molar-refractivity contribution >= 4 is 6.29 Å². The van der Waals surface area contributed by atoms with Crippen molar-refractivity contribution in [3.05, 3.63) is 30.1 Å². The molecular weight excluding hydrogens is 206 g/mol. The van der Waals surface area contributed by atoms with Crippen LogP contribution in [0, 0.1) is 0 Å². The van der Waals surface area contributed by atoms with E-state index in [1.54, 1.807) is 6.33 Å². The van der Waals surface area contributed by atoms with Gasteiger partial charge in [0.15, 0.2) is 12.1 Å². The molecule has 0 unspecified atom stereocenters. The lowest BCUT2D eigenvalue weighted by Crippen LogP contribution is -2.03. The first kappa shape index (κ1) is 10.4. The van der Waals surface area contributed by atoms with Gasteiger partial charge >= 0.3 is 0 Å². The topological polar surface area (TPSA) is 73.6 Å². The van der Waals surface area contributed by atoms with Crippen LogP contribution in [0.25, 0.3) is 5.95 Å². The average Bonchev–Trinajstić information content (AvgIpc) is 2.78. The van der Waals surface area contributed by atoms with Crippen LogP contribution < -0.4 is 0 Å². The Balaban J connectivity index is 2.31. The van der Waals surface area contributed by atoms with E-state index in [9.17, 15) is 4.79 Å². The molecular formula is C10H11N5O. The molecule has 0 aliphatic carbocycles. The Labute approximate surface area is 92.4 Å². The lowest BCUT2D eigenvalue weighted by Gasteiger charge is -1.98. The summed E-state index contributed by atoms with van der Waals surface area (Å²) in [6.07, 6.45) is 5.16. The fraction of sp³-hybridized carbons (Fsp3) is 0.300. The van der Waals surface area contributed by atoms with Crippen LogP contribution in [0.5, 0.6) is 0 Å². The molecule has 0 fully saturated rings. The third kappa shape index (κ3) is 1.95. The summed E-state index contributed by atoms with van der Waals surface area (Å²) in [5.74, 6) is 1.41. The van der Waals surface area contributed by atoms with Gasteiger partial charge in [0.05, 0.1) is 5.56 Å². The Bertz CT molecular complexity index is 488. The average molecular weight is 217 g/mol. The van der Waals surface area contributed by atoms with E-state index in [4.69, 9.17) is 0 Å². The number of rotatable bonds is 3. The molecule has 0 N–H and O–H groups in total. The summed E-state index contributed by atoms with van der Waals surface area (Å²) in [5.41, 5.74) is 0.438. The van der Waals surface area contributed by atoms with Crippen molar-refractivity contribution in [2.24, 2.45) is 0 Å². The summed E-state index contributed by atoms with van der Waals surface area (Å²) in [6.45, 7) is 4.02. The summed E-state index contributed by atoms with van der Waals surface area (Å²) in [6, 6.07) is 0. The molecule has 6 heteroatoms. The third-order valence-corrected chi connectivity index (χ3v) is 2.03. The van der Waals surface area contributed by atoms with Crippen LogP contribution in [-0.4, -0.2) is 31.0 Å². The van der Waals surface area contributed by atoms with Gasteiger partial charge in [-0.3, -0.25) is 4.79 Å². The van der Waals surface area contributed by atoms with Crippen molar-refractivity contribution in [3.8, 4) is 5.95 Å². The number of carbonyl (C=O) groups excluding carboxylic acids is 1. The second-order valence-corrected chi connectivity index (χ2v) is 3.64. The van der Waals surface area contributed by atoms with E-state index in [1.165, 1.54) is 17.1 Å². The van der Waals surface area contributed by atoms with Crippen LogP contribution in [-0.2, 0) is 0 Å². The highest BCUT2D eigenvalue weighted by Gasteiger charge is 2.07. The molecule has 6 nitrogen and oxygen atoms in total. The second-order valence-electron chi connectivity index (χ2n) is 3.64. The predicted molar refractivity (Wildman–Crippen MR) is 56.4 cm³/mol. The van der Waals surface area contributed by atoms with Crippen molar-refractivity contribution in [2.75, 3.05) is 0 Å². The van der Waals surface area contributed by atoms with Crippen LogP contribution >= 0.6 is 0 Å². The minimum absolute atomic E-state index is 0.260. The first-order chi connectivity index (χ1) is 7.70. The van der Waals surface area contributed by atoms with E-state index in [2.05, 4.69) is 20.1 Å². The monoisotopic (exact) mass is 217 g/mol. The highest BCUT2D eigenvalue weighted by atomic mass is 16.1. The number of aromatic nitrogens is 5. The van der Waals surface area contributed by atoms with E-state index in [-0.39, 0.29) is 5.92 Å². The van der Waals surface area contributed by atoms with Crippen molar-refractivity contribution in [3.63, 3.8) is 0 Å². The molecule has 2 aromatic rings. The molecule has 2 heterocycles. The first-order valence-electron chi connectivity index (χ1n) is 4.90. The van der Waals surface area contributed by atoms with Gasteiger partial charge in [-0.1, -0.05) is 13.8 Å². The van der Waals surface area contributed by atoms with Crippen molar-refractivity contribution < 1.29 is 4.79 Å². The fourth-order valence-corrected chi connectivity index (χ4v) is 1.15. The van der Waals surface area contributed by atoms with Gasteiger partial charge in [-0.25, -0.2) is 15.0 Å². The summed E-state index contributed by atoms with van der Waals surface area (Å²) in [4.78, 5) is 22.6. The lowest BCUT2D eigenvalue weighted by molar-refractivity contribution is 0.112. The van der Waals surface area contributed by atoms with Crippen molar-refractivity contribution in [1.82, 2.24) is 24.7 Å². The van der Waals surface area contributed by atoms with Gasteiger partial charge in [0.1, 0.15) is 6.33 Å². The van der Waals surface area contributed by atoms with Crippen LogP contribution in [0.15, 0.2) is 18.7 Å². The van der Waals surface area contributed by atoms with Gasteiger partial charge < -0.3 is 0 Å². The number of carbonyl (C=O) groups is 1. The molecule has 0 saturated heterocycles. The van der Waals surface area contributed by atoms with Crippen LogP contribution in [0.3, 0.4) is 0 Å². The Morgan fingerprint density at radius 3 is 2.44 bits per heavy atom. The molecule has 0 atom stereocenters. The molecule has 0 saturated carbocycles. The second kappa shape index (κ2) is 4.18. The van der Waals surface area contributed by atoms with Crippen molar-refractivity contribution in [2.45, 2.75) is 19.8 Å². The van der Waals surface area contributed by atoms with Crippen LogP contribution in [0.4, 0.5) is 0 Å². The van der Waals surface area contributed by atoms with E-state index in [0.717, 1.165) is 5.82 Å². The first-order valence-corrected chi connectivity index (χ1v) is 4.90. The zero-order valence-electron chi connectivity index (χ0n) is 9.03. The lowest BCUT2D eigenvalue weighted by atomic mass is 10.2. The SMILES string of the molecule is CC(C)c1ncn(-c2ncc(C=O)cn2)n1. The molecule has 16 heavy (non-hydrogen) atoms. The Hall–Kier alpha value is -2.11. The zero-order chi connectivity index (χ0) is 11.5. The van der Waals surface area contributed by atoms with Gasteiger partial charge in [0.2, 0.25) is 0 Å². The molecule has 0 amide bonds. The zero-order valence-corrected chi connectivity index (χ0v) is 9.03. The molecule has 0 bridgehead atoms. The maximum Gasteiger partial charge on any atom is 0.252 e. The minimum Gasteiger partial charge on any atom is -0.298 e. The van der Waals surface area contributed by atoms with Crippen LogP contribution in [0.2, 0.25) is 0 Å². The summed E-state index contributed by atoms with van der Waals surface area (Å²) in [5, 5.41) is 4.23. The normalized spacial score (nSPS) is 10.7. The summed E-state index contributed by atoms with van der Waals surface area (Å²) in [7, 11) is 0. The summed E-state index contributed by atoms with van der Waals surface area (Å²) < 4.78 is 1.49. The molecule has 82 valence electrons. The Morgan fingerprint density at radius 1 is 1.25 bits per heavy atom. The molecule has 0 aliphatic rings. The van der Waals surface area contributed by atoms with Crippen LogP contribution in [0.1, 0.15) is 35.9 Å². The summed E-state index contributed by atoms with van der Waals surface area (Å²) >= 11 is 0. The van der Waals surface area contributed by atoms with Gasteiger partial charge in [-0.2, -0.15) is 4.68 Å². The quantitative estimate of drug-likeness (QED) is 0.717. The third-order valence-electron chi connectivity index (χ3n) is 2.03. The Kier molecular flexibility index (Phi) is 2.72. The fourth-order valence-electron chi connectivity index (χ4n) is 1.15. The van der Waals surface area contributed by atoms with E-state index in [0.29, 0.717) is 17.8 Å². The van der Waals surface area contributed by atoms with E-state index in [1.807, 2.05) is 13.8 Å². The molecule has 2 rings (SSSR count). The van der Waals surface area contributed by atoms with E-state index >= 15 is 0 Å². The molecule has 0 spiro atoms. The number of aldehydes is 1. The standard InChI is InChI=1S/C10H11N5O/c1-7(2)9-13-6-15(14-9)10-11-3-8(5-16)4-12-10/h3-7H,1-2H3.